The first-order chi connectivity index (χ1) is 9.12. The molecule has 1 N–H and O–H groups in total. The number of rotatable bonds is 4. The molecule has 2 heterocycles. The third kappa shape index (κ3) is 2.95. The summed E-state index contributed by atoms with van der Waals surface area (Å²) in [6, 6.07) is -0.402. The highest BCUT2D eigenvalue weighted by molar-refractivity contribution is 7.91. The van der Waals surface area contributed by atoms with Gasteiger partial charge in [-0.1, -0.05) is 0 Å². The van der Waals surface area contributed by atoms with Gasteiger partial charge in [0.25, 0.3) is 5.91 Å². The average molecular weight is 303 g/mol. The molecule has 0 aliphatic carbocycles. The number of nitrogens with zero attached hydrogens (tertiary/aromatic N) is 2. The van der Waals surface area contributed by atoms with Gasteiger partial charge in [0.05, 0.1) is 11.5 Å². The van der Waals surface area contributed by atoms with Crippen molar-refractivity contribution in [3.05, 3.63) is 0 Å². The van der Waals surface area contributed by atoms with Gasteiger partial charge >= 0.3 is 6.03 Å². The topological polar surface area (TPSA) is 86.8 Å². The molecule has 0 bridgehead atoms. The lowest BCUT2D eigenvalue weighted by Gasteiger charge is -2.25. The van der Waals surface area contributed by atoms with Crippen LogP contribution in [-0.2, 0) is 14.6 Å². The maximum Gasteiger partial charge on any atom is 0.325 e. The highest BCUT2D eigenvalue weighted by Crippen LogP contribution is 2.18. The van der Waals surface area contributed by atoms with Gasteiger partial charge in [-0.2, -0.15) is 0 Å². The molecule has 0 unspecified atom stereocenters. The Hall–Kier alpha value is -1.15. The fourth-order valence-corrected chi connectivity index (χ4v) is 4.39. The van der Waals surface area contributed by atoms with Crippen LogP contribution >= 0.6 is 0 Å². The van der Waals surface area contributed by atoms with Crippen molar-refractivity contribution in [2.24, 2.45) is 0 Å². The normalized spacial score (nSPS) is 28.2. The molecule has 2 aliphatic heterocycles. The van der Waals surface area contributed by atoms with Crippen molar-refractivity contribution in [1.29, 1.82) is 0 Å². The number of hydrogen-bond donors (Lipinski definition) is 1. The predicted molar refractivity (Wildman–Crippen MR) is 74.0 cm³/mol. The van der Waals surface area contributed by atoms with Crippen LogP contribution in [0.2, 0.25) is 0 Å². The monoisotopic (exact) mass is 303 g/mol. The minimum atomic E-state index is -2.92. The van der Waals surface area contributed by atoms with Crippen molar-refractivity contribution in [2.75, 3.05) is 31.6 Å². The Morgan fingerprint density at radius 3 is 2.50 bits per heavy atom. The largest absolute Gasteiger partial charge is 0.325 e. The zero-order chi connectivity index (χ0) is 15.1. The first-order valence-electron chi connectivity index (χ1n) is 6.67. The van der Waals surface area contributed by atoms with Gasteiger partial charge in [0.15, 0.2) is 9.84 Å². The second-order valence-corrected chi connectivity index (χ2v) is 8.28. The Kier molecular flexibility index (Phi) is 3.81. The zero-order valence-corrected chi connectivity index (χ0v) is 12.9. The summed E-state index contributed by atoms with van der Waals surface area (Å²) in [6.45, 7) is 4.09. The molecule has 114 valence electrons. The van der Waals surface area contributed by atoms with Crippen LogP contribution in [0.3, 0.4) is 0 Å². The molecule has 0 radical (unpaired) electrons. The molecular weight excluding hydrogens is 282 g/mol. The van der Waals surface area contributed by atoms with Crippen LogP contribution in [0.1, 0.15) is 20.3 Å². The van der Waals surface area contributed by atoms with Gasteiger partial charge in [0.2, 0.25) is 0 Å². The number of carbonyl (C=O) groups excluding carboxylic acids is 2. The molecule has 0 aromatic rings. The second kappa shape index (κ2) is 5.00. The van der Waals surface area contributed by atoms with Crippen molar-refractivity contribution < 1.29 is 18.0 Å². The lowest BCUT2D eigenvalue weighted by molar-refractivity contribution is -0.130. The molecule has 0 aromatic heterocycles. The summed E-state index contributed by atoms with van der Waals surface area (Å²) in [5.74, 6) is 0.141. The fraction of sp³-hybridized carbons (Fsp3) is 0.833. The average Bonchev–Trinajstić information content (AvgIpc) is 2.76. The van der Waals surface area contributed by atoms with E-state index in [4.69, 9.17) is 0 Å². The van der Waals surface area contributed by atoms with E-state index in [1.807, 2.05) is 11.9 Å². The predicted octanol–water partition coefficient (Wildman–Crippen LogP) is -0.564. The van der Waals surface area contributed by atoms with Gasteiger partial charge in [-0.05, 0) is 27.3 Å². The lowest BCUT2D eigenvalue weighted by atomic mass is 10.1. The molecule has 20 heavy (non-hydrogen) atoms. The van der Waals surface area contributed by atoms with Gasteiger partial charge in [-0.15, -0.1) is 0 Å². The van der Waals surface area contributed by atoms with Crippen LogP contribution in [0.25, 0.3) is 0 Å². The summed E-state index contributed by atoms with van der Waals surface area (Å²) in [7, 11) is -1.09. The Balaban J connectivity index is 1.90. The summed E-state index contributed by atoms with van der Waals surface area (Å²) < 4.78 is 22.9. The maximum absolute atomic E-state index is 12.0. The Bertz CT molecular complexity index is 529. The van der Waals surface area contributed by atoms with Gasteiger partial charge < -0.3 is 10.2 Å². The molecule has 2 rings (SSSR count). The van der Waals surface area contributed by atoms with Crippen LogP contribution in [0.5, 0.6) is 0 Å². The minimum absolute atomic E-state index is 0.0197. The highest BCUT2D eigenvalue weighted by atomic mass is 32.2. The number of carbonyl (C=O) groups is 2. The highest BCUT2D eigenvalue weighted by Gasteiger charge is 2.44. The molecule has 1 atom stereocenters. The van der Waals surface area contributed by atoms with Crippen molar-refractivity contribution >= 4 is 21.8 Å². The first kappa shape index (κ1) is 15.2. The first-order valence-corrected chi connectivity index (χ1v) is 8.49. The van der Waals surface area contributed by atoms with Crippen molar-refractivity contribution in [3.63, 3.8) is 0 Å². The van der Waals surface area contributed by atoms with E-state index < -0.39 is 15.4 Å². The zero-order valence-electron chi connectivity index (χ0n) is 12.0. The summed E-state index contributed by atoms with van der Waals surface area (Å²) in [5, 5.41) is 2.62. The molecule has 7 nitrogen and oxygen atoms in total. The Labute approximate surface area is 119 Å². The molecule has 3 amide bonds. The molecule has 2 aliphatic rings. The number of sulfone groups is 1. The van der Waals surface area contributed by atoms with E-state index in [2.05, 4.69) is 5.32 Å². The van der Waals surface area contributed by atoms with Crippen LogP contribution in [0, 0.1) is 0 Å². The van der Waals surface area contributed by atoms with Gasteiger partial charge in [-0.25, -0.2) is 13.2 Å². The number of amides is 3. The van der Waals surface area contributed by atoms with E-state index in [1.165, 1.54) is 4.90 Å². The maximum atomic E-state index is 12.0. The third-order valence-electron chi connectivity index (χ3n) is 3.95. The van der Waals surface area contributed by atoms with E-state index in [9.17, 15) is 18.0 Å². The molecule has 0 saturated carbocycles. The number of likely N-dealkylation sites (N-methyl/N-ethyl adjacent to an activating group) is 1. The minimum Gasteiger partial charge on any atom is -0.324 e. The van der Waals surface area contributed by atoms with E-state index >= 15 is 0 Å². The van der Waals surface area contributed by atoms with Crippen LogP contribution in [0.4, 0.5) is 4.79 Å². The summed E-state index contributed by atoms with van der Waals surface area (Å²) >= 11 is 0. The SMILES string of the molecule is CN(CCN1C(=O)NC(C)(C)C1=O)[C@@H]1CCS(=O)(=O)C1. The van der Waals surface area contributed by atoms with Crippen LogP contribution < -0.4 is 5.32 Å². The molecule has 0 aromatic carbocycles. The number of urea groups is 1. The third-order valence-corrected chi connectivity index (χ3v) is 5.70. The molecule has 8 heteroatoms. The summed E-state index contributed by atoms with van der Waals surface area (Å²) in [4.78, 5) is 26.8. The van der Waals surface area contributed by atoms with Crippen molar-refractivity contribution in [3.8, 4) is 0 Å². The molecule has 0 spiro atoms. The molecular formula is C12H21N3O4S. The Morgan fingerprint density at radius 1 is 1.40 bits per heavy atom. The van der Waals surface area contributed by atoms with Crippen LogP contribution in [0.15, 0.2) is 0 Å². The standard InChI is InChI=1S/C12H21N3O4S/c1-12(2)10(16)15(11(17)13-12)6-5-14(3)9-4-7-20(18,19)8-9/h9H,4-8H2,1-3H3,(H,13,17)/t9-/m1/s1. The van der Waals surface area contributed by atoms with Crippen LogP contribution in [-0.4, -0.2) is 73.4 Å². The smallest absolute Gasteiger partial charge is 0.324 e. The van der Waals surface area contributed by atoms with E-state index in [-0.39, 0.29) is 36.0 Å². The lowest BCUT2D eigenvalue weighted by Crippen LogP contribution is -2.43. The number of nitrogens with one attached hydrogen (secondary N) is 1. The number of hydrogen-bond acceptors (Lipinski definition) is 5. The number of imide groups is 1. The van der Waals surface area contributed by atoms with E-state index in [0.29, 0.717) is 13.0 Å². The Morgan fingerprint density at radius 2 is 2.05 bits per heavy atom. The second-order valence-electron chi connectivity index (χ2n) is 6.05. The molecule has 2 fully saturated rings. The summed E-state index contributed by atoms with van der Waals surface area (Å²) in [5.41, 5.74) is -0.855. The van der Waals surface area contributed by atoms with Gasteiger partial charge in [-0.3, -0.25) is 9.69 Å². The van der Waals surface area contributed by atoms with Crippen molar-refractivity contribution in [2.45, 2.75) is 31.8 Å². The van der Waals surface area contributed by atoms with Gasteiger partial charge in [0.1, 0.15) is 5.54 Å². The summed E-state index contributed by atoms with van der Waals surface area (Å²) in [6.07, 6.45) is 0.616. The quantitative estimate of drug-likeness (QED) is 0.703. The van der Waals surface area contributed by atoms with E-state index in [0.717, 1.165) is 0 Å². The molecule has 2 saturated heterocycles. The van der Waals surface area contributed by atoms with Gasteiger partial charge in [0, 0.05) is 19.1 Å². The fourth-order valence-electron chi connectivity index (χ4n) is 2.58. The van der Waals surface area contributed by atoms with E-state index in [1.54, 1.807) is 13.8 Å². The van der Waals surface area contributed by atoms with Crippen molar-refractivity contribution in [1.82, 2.24) is 15.1 Å².